The minimum Gasteiger partial charge on any atom is -0.497 e. The molecule has 9 heteroatoms. The number of nitrogens with two attached hydrogens (primary N) is 1. The number of likely N-dealkylation sites (tertiary alicyclic amines) is 2. The predicted octanol–water partition coefficient (Wildman–Crippen LogP) is 1.12. The van der Waals surface area contributed by atoms with Crippen molar-refractivity contribution < 1.29 is 19.1 Å². The minimum atomic E-state index is -0.320. The lowest BCUT2D eigenvalue weighted by Gasteiger charge is -2.21. The topological polar surface area (TPSA) is 111 Å². The fourth-order valence-corrected chi connectivity index (χ4v) is 4.03. The van der Waals surface area contributed by atoms with Crippen LogP contribution in [-0.2, 0) is 9.59 Å². The van der Waals surface area contributed by atoms with Crippen LogP contribution in [0.1, 0.15) is 29.6 Å². The number of amides is 2. The van der Waals surface area contributed by atoms with Crippen LogP contribution in [0.4, 0.5) is 5.82 Å². The van der Waals surface area contributed by atoms with E-state index in [9.17, 15) is 14.4 Å². The number of Topliss-reactive ketones (excluding diaryl/α,β-unsaturated/α-hetero) is 1. The van der Waals surface area contributed by atoms with Gasteiger partial charge in [0.25, 0.3) is 0 Å². The molecule has 0 saturated carbocycles. The molecule has 3 heterocycles. The Morgan fingerprint density at radius 1 is 1.23 bits per heavy atom. The zero-order valence-corrected chi connectivity index (χ0v) is 16.9. The van der Waals surface area contributed by atoms with Crippen molar-refractivity contribution >= 4 is 23.4 Å². The number of nitrogens with zero attached hydrogens (tertiary/aromatic N) is 4. The Morgan fingerprint density at radius 2 is 2.00 bits per heavy atom. The van der Waals surface area contributed by atoms with Gasteiger partial charge in [-0.2, -0.15) is 5.10 Å². The molecule has 2 fully saturated rings. The van der Waals surface area contributed by atoms with Crippen LogP contribution in [0.2, 0.25) is 0 Å². The second-order valence-electron chi connectivity index (χ2n) is 7.66. The van der Waals surface area contributed by atoms with Crippen molar-refractivity contribution in [3.8, 4) is 11.4 Å². The number of ether oxygens (including phenoxy) is 1. The van der Waals surface area contributed by atoms with Crippen LogP contribution in [0.15, 0.2) is 30.5 Å². The largest absolute Gasteiger partial charge is 0.497 e. The highest BCUT2D eigenvalue weighted by Crippen LogP contribution is 2.26. The second kappa shape index (κ2) is 8.17. The molecule has 2 aliphatic rings. The summed E-state index contributed by atoms with van der Waals surface area (Å²) in [7, 11) is 1.59. The summed E-state index contributed by atoms with van der Waals surface area (Å²) in [6.45, 7) is 1.57. The van der Waals surface area contributed by atoms with Crippen LogP contribution in [-0.4, -0.2) is 70.5 Å². The Morgan fingerprint density at radius 3 is 2.67 bits per heavy atom. The van der Waals surface area contributed by atoms with E-state index in [1.54, 1.807) is 29.0 Å². The fourth-order valence-electron chi connectivity index (χ4n) is 4.03. The van der Waals surface area contributed by atoms with Crippen LogP contribution in [0.25, 0.3) is 5.69 Å². The smallest absolute Gasteiger partial charge is 0.242 e. The molecule has 0 bridgehead atoms. The number of anilines is 1. The molecule has 9 nitrogen and oxygen atoms in total. The summed E-state index contributed by atoms with van der Waals surface area (Å²) in [4.78, 5) is 40.6. The molecule has 4 rings (SSSR count). The molecule has 0 spiro atoms. The van der Waals surface area contributed by atoms with Crippen molar-refractivity contribution in [2.75, 3.05) is 39.0 Å². The van der Waals surface area contributed by atoms with Gasteiger partial charge in [0.1, 0.15) is 11.6 Å². The van der Waals surface area contributed by atoms with Gasteiger partial charge in [-0.05, 0) is 37.1 Å². The molecule has 1 unspecified atom stereocenters. The third-order valence-corrected chi connectivity index (χ3v) is 5.80. The quantitative estimate of drug-likeness (QED) is 0.713. The van der Waals surface area contributed by atoms with E-state index in [0.717, 1.165) is 12.1 Å². The zero-order chi connectivity index (χ0) is 21.3. The Labute approximate surface area is 174 Å². The summed E-state index contributed by atoms with van der Waals surface area (Å²) in [5.74, 6) is 0.472. The van der Waals surface area contributed by atoms with Gasteiger partial charge in [0, 0.05) is 32.0 Å². The zero-order valence-electron chi connectivity index (χ0n) is 16.9. The Balaban J connectivity index is 1.42. The number of rotatable bonds is 6. The molecule has 158 valence electrons. The van der Waals surface area contributed by atoms with E-state index in [2.05, 4.69) is 5.10 Å². The standard InChI is InChI=1S/C21H25N5O4/c1-30-16-6-4-15(5-7-16)26-21(22)17(11-23-26)20(29)14-8-10-25(12-14)19(28)13-24-9-2-3-18(24)27/h4-7,11,14H,2-3,8-10,12-13,22H2,1H3. The van der Waals surface area contributed by atoms with Gasteiger partial charge in [-0.25, -0.2) is 4.68 Å². The SMILES string of the molecule is COc1ccc(-n2ncc(C(=O)C3CCN(C(=O)CN4CCCC4=O)C3)c2N)cc1. The van der Waals surface area contributed by atoms with E-state index in [1.807, 2.05) is 12.1 Å². The van der Waals surface area contributed by atoms with Crippen LogP contribution in [0.3, 0.4) is 0 Å². The highest BCUT2D eigenvalue weighted by molar-refractivity contribution is 6.02. The Hall–Kier alpha value is -3.36. The van der Waals surface area contributed by atoms with Crippen LogP contribution >= 0.6 is 0 Å². The lowest BCUT2D eigenvalue weighted by molar-refractivity contribution is -0.137. The number of carbonyl (C=O) groups is 3. The van der Waals surface area contributed by atoms with Crippen molar-refractivity contribution in [1.82, 2.24) is 19.6 Å². The molecule has 1 atom stereocenters. The van der Waals surface area contributed by atoms with Gasteiger partial charge in [-0.1, -0.05) is 0 Å². The van der Waals surface area contributed by atoms with Crippen LogP contribution < -0.4 is 10.5 Å². The third kappa shape index (κ3) is 3.74. The summed E-state index contributed by atoms with van der Waals surface area (Å²) in [5, 5.41) is 4.27. The number of benzene rings is 1. The maximum Gasteiger partial charge on any atom is 0.242 e. The third-order valence-electron chi connectivity index (χ3n) is 5.80. The van der Waals surface area contributed by atoms with E-state index < -0.39 is 0 Å². The van der Waals surface area contributed by atoms with Gasteiger partial charge in [-0.3, -0.25) is 14.4 Å². The average Bonchev–Trinajstić information content (AvgIpc) is 3.48. The monoisotopic (exact) mass is 411 g/mol. The number of aromatic nitrogens is 2. The normalized spacial score (nSPS) is 18.8. The summed E-state index contributed by atoms with van der Waals surface area (Å²) < 4.78 is 6.67. The number of methoxy groups -OCH3 is 1. The van der Waals surface area contributed by atoms with E-state index in [-0.39, 0.29) is 35.9 Å². The number of ketones is 1. The first-order chi connectivity index (χ1) is 14.5. The highest BCUT2D eigenvalue weighted by Gasteiger charge is 2.34. The fraction of sp³-hybridized carbons (Fsp3) is 0.429. The van der Waals surface area contributed by atoms with Crippen molar-refractivity contribution in [3.63, 3.8) is 0 Å². The summed E-state index contributed by atoms with van der Waals surface area (Å²) >= 11 is 0. The first-order valence-electron chi connectivity index (χ1n) is 10.1. The summed E-state index contributed by atoms with van der Waals surface area (Å²) in [5.41, 5.74) is 7.31. The van der Waals surface area contributed by atoms with Crippen molar-refractivity contribution in [3.05, 3.63) is 36.0 Å². The van der Waals surface area contributed by atoms with Gasteiger partial charge in [0.15, 0.2) is 5.78 Å². The summed E-state index contributed by atoms with van der Waals surface area (Å²) in [6.07, 6.45) is 3.36. The molecule has 2 aromatic rings. The molecule has 2 amide bonds. The number of nitrogen functional groups attached to an aromatic ring is 1. The predicted molar refractivity (Wildman–Crippen MR) is 109 cm³/mol. The first kappa shape index (κ1) is 19.9. The van der Waals surface area contributed by atoms with E-state index in [1.165, 1.54) is 10.9 Å². The highest BCUT2D eigenvalue weighted by atomic mass is 16.5. The van der Waals surface area contributed by atoms with Gasteiger partial charge in [0.05, 0.1) is 31.1 Å². The Kier molecular flexibility index (Phi) is 5.43. The summed E-state index contributed by atoms with van der Waals surface area (Å²) in [6, 6.07) is 7.21. The van der Waals surface area contributed by atoms with Crippen molar-refractivity contribution in [1.29, 1.82) is 0 Å². The first-order valence-corrected chi connectivity index (χ1v) is 10.1. The van der Waals surface area contributed by atoms with Crippen LogP contribution in [0.5, 0.6) is 5.75 Å². The number of carbonyl (C=O) groups excluding carboxylic acids is 3. The van der Waals surface area contributed by atoms with E-state index >= 15 is 0 Å². The molecule has 2 aliphatic heterocycles. The minimum absolute atomic E-state index is 0.0221. The molecule has 1 aromatic heterocycles. The maximum absolute atomic E-state index is 13.0. The molecular formula is C21H25N5O4. The van der Waals surface area contributed by atoms with Crippen molar-refractivity contribution in [2.24, 2.45) is 5.92 Å². The molecule has 0 aliphatic carbocycles. The maximum atomic E-state index is 13.0. The number of hydrogen-bond acceptors (Lipinski definition) is 6. The van der Waals surface area contributed by atoms with Crippen LogP contribution in [0, 0.1) is 5.92 Å². The molecule has 0 radical (unpaired) electrons. The molecule has 2 saturated heterocycles. The molecular weight excluding hydrogens is 386 g/mol. The second-order valence-corrected chi connectivity index (χ2v) is 7.66. The van der Waals surface area contributed by atoms with Gasteiger partial charge >= 0.3 is 0 Å². The molecule has 2 N–H and O–H groups in total. The molecule has 1 aromatic carbocycles. The van der Waals surface area contributed by atoms with Gasteiger partial charge < -0.3 is 20.3 Å². The number of hydrogen-bond donors (Lipinski definition) is 1. The molecule has 30 heavy (non-hydrogen) atoms. The van der Waals surface area contributed by atoms with Gasteiger partial charge in [-0.15, -0.1) is 0 Å². The lowest BCUT2D eigenvalue weighted by atomic mass is 9.98. The van der Waals surface area contributed by atoms with Gasteiger partial charge in [0.2, 0.25) is 11.8 Å². The van der Waals surface area contributed by atoms with Crippen molar-refractivity contribution in [2.45, 2.75) is 19.3 Å². The van der Waals surface area contributed by atoms with E-state index in [4.69, 9.17) is 10.5 Å². The van der Waals surface area contributed by atoms with E-state index in [0.29, 0.717) is 43.8 Å². The lowest BCUT2D eigenvalue weighted by Crippen LogP contribution is -2.40. The average molecular weight is 411 g/mol. The Bertz CT molecular complexity index is 968.